The van der Waals surface area contributed by atoms with E-state index in [0.717, 1.165) is 40.8 Å². The zero-order chi connectivity index (χ0) is 30.3. The standard InChI is InChI=1S/C38H41NO3Si/c1-29(28-42-43(38(2,3)4,33-16-7-5-8-17-33)34-18-9-6-10-19-34)35-23-25-41-37(35)22-21-31(36-20-11-12-24-39-36)26-30-14-13-15-32(40)27-30/h5-20,23-24,26-27,37,40H,1,21-22,25,28H2,2-4H3/b31-26-. The van der Waals surface area contributed by atoms with E-state index in [4.69, 9.17) is 9.16 Å². The van der Waals surface area contributed by atoms with Crippen LogP contribution in [0.25, 0.3) is 11.6 Å². The highest BCUT2D eigenvalue weighted by Gasteiger charge is 2.50. The lowest BCUT2D eigenvalue weighted by atomic mass is 9.95. The Morgan fingerprint density at radius 1 is 0.953 bits per heavy atom. The van der Waals surface area contributed by atoms with Crippen molar-refractivity contribution in [1.82, 2.24) is 4.98 Å². The minimum atomic E-state index is -2.68. The maximum Gasteiger partial charge on any atom is 0.261 e. The van der Waals surface area contributed by atoms with Crippen molar-refractivity contribution in [3.8, 4) is 5.75 Å². The number of benzene rings is 3. The third-order valence-corrected chi connectivity index (χ3v) is 13.1. The summed E-state index contributed by atoms with van der Waals surface area (Å²) < 4.78 is 13.4. The lowest BCUT2D eigenvalue weighted by Crippen LogP contribution is -2.66. The molecule has 0 aliphatic carbocycles. The molecule has 4 aromatic rings. The molecule has 0 saturated heterocycles. The third kappa shape index (κ3) is 6.97. The smallest absolute Gasteiger partial charge is 0.261 e. The minimum Gasteiger partial charge on any atom is -0.508 e. The Morgan fingerprint density at radius 2 is 1.63 bits per heavy atom. The number of phenolic OH excluding ortho intramolecular Hbond substituents is 1. The molecule has 1 atom stereocenters. The Balaban J connectivity index is 1.36. The summed E-state index contributed by atoms with van der Waals surface area (Å²) in [5, 5.41) is 12.4. The van der Waals surface area contributed by atoms with Gasteiger partial charge in [-0.15, -0.1) is 0 Å². The molecule has 0 bridgehead atoms. The van der Waals surface area contributed by atoms with Gasteiger partial charge in [0.15, 0.2) is 0 Å². The average molecular weight is 588 g/mol. The molecule has 5 heteroatoms. The van der Waals surface area contributed by atoms with Gasteiger partial charge >= 0.3 is 0 Å². The van der Waals surface area contributed by atoms with Crippen molar-refractivity contribution in [2.75, 3.05) is 13.2 Å². The molecule has 3 aromatic carbocycles. The van der Waals surface area contributed by atoms with Crippen LogP contribution in [0.15, 0.2) is 133 Å². The van der Waals surface area contributed by atoms with E-state index in [9.17, 15) is 5.11 Å². The SMILES string of the molecule is C=C(CO[Si](c1ccccc1)(c1ccccc1)C(C)(C)C)C1=CCOC1CC/C(=C/c1cccc(O)c1)c1ccccn1. The first-order valence-electron chi connectivity index (χ1n) is 14.9. The van der Waals surface area contributed by atoms with Gasteiger partial charge in [0.05, 0.1) is 25.0 Å². The number of hydrogen-bond acceptors (Lipinski definition) is 4. The lowest BCUT2D eigenvalue weighted by Gasteiger charge is -2.43. The molecule has 43 heavy (non-hydrogen) atoms. The highest BCUT2D eigenvalue weighted by atomic mass is 28.4. The van der Waals surface area contributed by atoms with Gasteiger partial charge in [-0.05, 0) is 80.9 Å². The maximum atomic E-state index is 10.0. The molecule has 0 amide bonds. The summed E-state index contributed by atoms with van der Waals surface area (Å²) in [7, 11) is -2.68. The van der Waals surface area contributed by atoms with Crippen molar-refractivity contribution in [3.63, 3.8) is 0 Å². The highest BCUT2D eigenvalue weighted by Crippen LogP contribution is 2.38. The first-order chi connectivity index (χ1) is 20.8. The first-order valence-corrected chi connectivity index (χ1v) is 16.8. The van der Waals surface area contributed by atoms with Crippen LogP contribution < -0.4 is 10.4 Å². The number of rotatable bonds is 11. The summed E-state index contributed by atoms with van der Waals surface area (Å²) >= 11 is 0. The Hall–Kier alpha value is -4.03. The van der Waals surface area contributed by atoms with Crippen molar-refractivity contribution < 1.29 is 14.3 Å². The quantitative estimate of drug-likeness (QED) is 0.184. The van der Waals surface area contributed by atoms with Gasteiger partial charge in [0.25, 0.3) is 8.32 Å². The molecule has 1 aliphatic rings. The molecular weight excluding hydrogens is 547 g/mol. The molecule has 0 fully saturated rings. The normalized spacial score (nSPS) is 15.7. The molecule has 220 valence electrons. The third-order valence-electron chi connectivity index (χ3n) is 8.12. The largest absolute Gasteiger partial charge is 0.508 e. The maximum absolute atomic E-state index is 10.0. The molecule has 1 N–H and O–H groups in total. The van der Waals surface area contributed by atoms with Crippen LogP contribution in [0.1, 0.15) is 44.9 Å². The summed E-state index contributed by atoms with van der Waals surface area (Å²) in [4.78, 5) is 4.61. The van der Waals surface area contributed by atoms with Gasteiger partial charge in [0.2, 0.25) is 0 Å². The molecule has 4 nitrogen and oxygen atoms in total. The molecule has 1 aromatic heterocycles. The molecular formula is C38H41NO3Si. The van der Waals surface area contributed by atoms with Crippen LogP contribution in [0.2, 0.25) is 5.04 Å². The second kappa shape index (κ2) is 13.5. The fourth-order valence-electron chi connectivity index (χ4n) is 6.06. The second-order valence-electron chi connectivity index (χ2n) is 12.1. The summed E-state index contributed by atoms with van der Waals surface area (Å²) in [6.07, 6.45) is 7.53. The molecule has 1 unspecified atom stereocenters. The fraction of sp³-hybridized carbons (Fsp3) is 0.237. The second-order valence-corrected chi connectivity index (χ2v) is 16.4. The fourth-order valence-corrected chi connectivity index (χ4v) is 10.6. The Bertz CT molecular complexity index is 1530. The van der Waals surface area contributed by atoms with E-state index >= 15 is 0 Å². The predicted octanol–water partition coefficient (Wildman–Crippen LogP) is 7.57. The Kier molecular flexibility index (Phi) is 9.56. The van der Waals surface area contributed by atoms with Crippen LogP contribution in [0.3, 0.4) is 0 Å². The van der Waals surface area contributed by atoms with Crippen LogP contribution in [-0.2, 0) is 9.16 Å². The number of phenols is 1. The first kappa shape index (κ1) is 30.4. The minimum absolute atomic E-state index is 0.0773. The van der Waals surface area contributed by atoms with Crippen molar-refractivity contribution >= 4 is 30.3 Å². The summed E-state index contributed by atoms with van der Waals surface area (Å²) in [6, 6.07) is 34.7. The summed E-state index contributed by atoms with van der Waals surface area (Å²) in [5.41, 5.74) is 5.04. The number of ether oxygens (including phenoxy) is 1. The van der Waals surface area contributed by atoms with Crippen LogP contribution in [0.5, 0.6) is 5.75 Å². The lowest BCUT2D eigenvalue weighted by molar-refractivity contribution is 0.117. The van der Waals surface area contributed by atoms with Gasteiger partial charge in [0.1, 0.15) is 5.75 Å². The van der Waals surface area contributed by atoms with E-state index in [1.807, 2.05) is 36.5 Å². The van der Waals surface area contributed by atoms with Gasteiger partial charge in [-0.25, -0.2) is 0 Å². The number of pyridine rings is 1. The molecule has 0 saturated carbocycles. The molecule has 0 radical (unpaired) electrons. The summed E-state index contributed by atoms with van der Waals surface area (Å²) in [5.74, 6) is 0.246. The summed E-state index contributed by atoms with van der Waals surface area (Å²) in [6.45, 7) is 12.4. The van der Waals surface area contributed by atoms with E-state index in [1.165, 1.54) is 10.4 Å². The van der Waals surface area contributed by atoms with Gasteiger partial charge in [-0.3, -0.25) is 4.98 Å². The van der Waals surface area contributed by atoms with Gasteiger partial charge < -0.3 is 14.3 Å². The van der Waals surface area contributed by atoms with Gasteiger partial charge in [-0.1, -0.05) is 112 Å². The Labute approximate surface area is 257 Å². The van der Waals surface area contributed by atoms with E-state index in [1.54, 1.807) is 12.1 Å². The predicted molar refractivity (Wildman–Crippen MR) is 180 cm³/mol. The van der Waals surface area contributed by atoms with E-state index in [2.05, 4.69) is 105 Å². The van der Waals surface area contributed by atoms with Gasteiger partial charge in [0, 0.05) is 6.20 Å². The highest BCUT2D eigenvalue weighted by molar-refractivity contribution is 6.99. The molecule has 5 rings (SSSR count). The van der Waals surface area contributed by atoms with Crippen molar-refractivity contribution in [3.05, 3.63) is 144 Å². The topological polar surface area (TPSA) is 51.6 Å². The van der Waals surface area contributed by atoms with Crippen LogP contribution in [0, 0.1) is 0 Å². The zero-order valence-electron chi connectivity index (χ0n) is 25.4. The molecule has 1 aliphatic heterocycles. The Morgan fingerprint density at radius 3 is 2.23 bits per heavy atom. The number of aromatic nitrogens is 1. The molecule has 2 heterocycles. The van der Waals surface area contributed by atoms with Gasteiger partial charge in [-0.2, -0.15) is 0 Å². The number of allylic oxidation sites excluding steroid dienone is 1. The number of nitrogens with zero attached hydrogens (tertiary/aromatic N) is 1. The zero-order valence-corrected chi connectivity index (χ0v) is 26.4. The van der Waals surface area contributed by atoms with Crippen molar-refractivity contribution in [2.24, 2.45) is 0 Å². The van der Waals surface area contributed by atoms with E-state index < -0.39 is 8.32 Å². The average Bonchev–Trinajstić information content (AvgIpc) is 3.49. The van der Waals surface area contributed by atoms with Crippen LogP contribution in [0.4, 0.5) is 0 Å². The van der Waals surface area contributed by atoms with E-state index in [-0.39, 0.29) is 16.9 Å². The number of aromatic hydroxyl groups is 1. The molecule has 0 spiro atoms. The van der Waals surface area contributed by atoms with Crippen LogP contribution >= 0.6 is 0 Å². The monoisotopic (exact) mass is 587 g/mol. The van der Waals surface area contributed by atoms with E-state index in [0.29, 0.717) is 13.2 Å². The number of hydrogen-bond donors (Lipinski definition) is 1. The van der Waals surface area contributed by atoms with Crippen molar-refractivity contribution in [1.29, 1.82) is 0 Å². The van der Waals surface area contributed by atoms with Crippen LogP contribution in [-0.4, -0.2) is 37.7 Å². The van der Waals surface area contributed by atoms with Crippen molar-refractivity contribution in [2.45, 2.75) is 44.8 Å².